The molecule has 2 heterocycles. The van der Waals surface area contributed by atoms with Crippen LogP contribution in [0.25, 0.3) is 17.4 Å². The van der Waals surface area contributed by atoms with Crippen molar-refractivity contribution in [2.45, 2.75) is 6.42 Å². The van der Waals surface area contributed by atoms with E-state index in [9.17, 15) is 4.79 Å². The molecule has 1 amide bonds. The molecule has 1 aromatic heterocycles. The maximum Gasteiger partial charge on any atom is 0.266 e. The zero-order valence-electron chi connectivity index (χ0n) is 17.5. The summed E-state index contributed by atoms with van der Waals surface area (Å²) in [5, 5.41) is 0.606. The van der Waals surface area contributed by atoms with Gasteiger partial charge in [-0.15, -0.1) is 0 Å². The highest BCUT2D eigenvalue weighted by atomic mass is 35.5. The van der Waals surface area contributed by atoms with E-state index in [2.05, 4.69) is 0 Å². The molecule has 5 nitrogen and oxygen atoms in total. The Bertz CT molecular complexity index is 1200. The highest BCUT2D eigenvalue weighted by Crippen LogP contribution is 2.35. The molecule has 0 bridgehead atoms. The van der Waals surface area contributed by atoms with Crippen molar-refractivity contribution in [2.75, 3.05) is 20.8 Å². The van der Waals surface area contributed by atoms with Crippen molar-refractivity contribution < 1.29 is 18.7 Å². The number of carbonyl (C=O) groups is 1. The summed E-state index contributed by atoms with van der Waals surface area (Å²) in [5.41, 5.74) is 1.83. The van der Waals surface area contributed by atoms with Crippen molar-refractivity contribution >= 4 is 51.9 Å². The number of hydrogen-bond donors (Lipinski definition) is 0. The average Bonchev–Trinajstić information content (AvgIpc) is 3.36. The Morgan fingerprint density at radius 3 is 2.62 bits per heavy atom. The van der Waals surface area contributed by atoms with Gasteiger partial charge < -0.3 is 13.9 Å². The third-order valence-electron chi connectivity index (χ3n) is 4.99. The Morgan fingerprint density at radius 2 is 1.88 bits per heavy atom. The molecule has 0 unspecified atom stereocenters. The fraction of sp³-hybridized carbons (Fsp3) is 0.167. The summed E-state index contributed by atoms with van der Waals surface area (Å²) in [6.07, 6.45) is 2.35. The van der Waals surface area contributed by atoms with Crippen LogP contribution in [0.1, 0.15) is 11.3 Å². The lowest BCUT2D eigenvalue weighted by Gasteiger charge is -2.15. The van der Waals surface area contributed by atoms with Gasteiger partial charge in [-0.05, 0) is 48.4 Å². The number of furan rings is 1. The SMILES string of the molecule is COc1ccc(CCN2C(=O)C(=Cc3ccc(-c4ccccc4Cl)o3)SC2=S)cc1OC. The molecule has 0 N–H and O–H groups in total. The van der Waals surface area contributed by atoms with Crippen LogP contribution >= 0.6 is 35.6 Å². The van der Waals surface area contributed by atoms with Gasteiger partial charge in [0.05, 0.1) is 24.1 Å². The molecule has 3 aromatic rings. The predicted molar refractivity (Wildman–Crippen MR) is 132 cm³/mol. The number of halogens is 1. The molecule has 2 aromatic carbocycles. The number of rotatable bonds is 7. The standard InChI is InChI=1S/C24H20ClNO4S2/c1-28-20-9-7-15(13-21(20)29-2)11-12-26-23(27)22(32-24(26)31)14-16-8-10-19(30-16)17-5-3-4-6-18(17)25/h3-10,13-14H,11-12H2,1-2H3. The Labute approximate surface area is 200 Å². The molecule has 0 saturated carbocycles. The monoisotopic (exact) mass is 485 g/mol. The van der Waals surface area contributed by atoms with E-state index in [0.717, 1.165) is 11.1 Å². The van der Waals surface area contributed by atoms with Crippen LogP contribution in [0, 0.1) is 0 Å². The Morgan fingerprint density at radius 1 is 1.09 bits per heavy atom. The Kier molecular flexibility index (Phi) is 6.89. The number of carbonyl (C=O) groups excluding carboxylic acids is 1. The molecule has 4 rings (SSSR count). The summed E-state index contributed by atoms with van der Waals surface area (Å²) in [7, 11) is 3.20. The lowest BCUT2D eigenvalue weighted by Crippen LogP contribution is -2.30. The molecular weight excluding hydrogens is 466 g/mol. The van der Waals surface area contributed by atoms with Crippen LogP contribution in [0.15, 0.2) is 63.9 Å². The largest absolute Gasteiger partial charge is 0.493 e. The van der Waals surface area contributed by atoms with Crippen LogP contribution in [0.2, 0.25) is 5.02 Å². The van der Waals surface area contributed by atoms with Crippen LogP contribution in [-0.4, -0.2) is 35.9 Å². The highest BCUT2D eigenvalue weighted by Gasteiger charge is 2.32. The molecule has 8 heteroatoms. The Hall–Kier alpha value is -2.74. The summed E-state index contributed by atoms with van der Waals surface area (Å²) < 4.78 is 17.0. The van der Waals surface area contributed by atoms with Gasteiger partial charge in [0.1, 0.15) is 15.8 Å². The number of nitrogens with zero attached hydrogens (tertiary/aromatic N) is 1. The molecule has 1 fully saturated rings. The van der Waals surface area contributed by atoms with Crippen molar-refractivity contribution in [3.63, 3.8) is 0 Å². The van der Waals surface area contributed by atoms with Crippen molar-refractivity contribution in [1.82, 2.24) is 4.90 Å². The summed E-state index contributed by atoms with van der Waals surface area (Å²) >= 11 is 13.0. The van der Waals surface area contributed by atoms with Gasteiger partial charge in [-0.3, -0.25) is 9.69 Å². The minimum Gasteiger partial charge on any atom is -0.493 e. The third-order valence-corrected chi connectivity index (χ3v) is 6.69. The van der Waals surface area contributed by atoms with Crippen molar-refractivity contribution in [3.05, 3.63) is 75.8 Å². The first-order chi connectivity index (χ1) is 15.5. The minimum atomic E-state index is -0.129. The second-order valence-electron chi connectivity index (χ2n) is 6.95. The maximum absolute atomic E-state index is 12.9. The zero-order valence-corrected chi connectivity index (χ0v) is 19.9. The van der Waals surface area contributed by atoms with Gasteiger partial charge in [0.25, 0.3) is 5.91 Å². The number of methoxy groups -OCH3 is 2. The van der Waals surface area contributed by atoms with E-state index in [1.807, 2.05) is 54.6 Å². The lowest BCUT2D eigenvalue weighted by molar-refractivity contribution is -0.122. The van der Waals surface area contributed by atoms with Crippen LogP contribution in [0.5, 0.6) is 11.5 Å². The number of thioether (sulfide) groups is 1. The smallest absolute Gasteiger partial charge is 0.266 e. The summed E-state index contributed by atoms with van der Waals surface area (Å²) in [5.74, 6) is 2.41. The first kappa shape index (κ1) is 22.5. The fourth-order valence-electron chi connectivity index (χ4n) is 3.34. The zero-order chi connectivity index (χ0) is 22.7. The van der Waals surface area contributed by atoms with E-state index in [0.29, 0.717) is 50.2 Å². The van der Waals surface area contributed by atoms with Crippen LogP contribution in [0.3, 0.4) is 0 Å². The average molecular weight is 486 g/mol. The number of ether oxygens (including phenoxy) is 2. The quantitative estimate of drug-likeness (QED) is 0.299. The van der Waals surface area contributed by atoms with Gasteiger partial charge in [-0.2, -0.15) is 0 Å². The van der Waals surface area contributed by atoms with E-state index < -0.39 is 0 Å². The minimum absolute atomic E-state index is 0.129. The van der Waals surface area contributed by atoms with E-state index in [1.165, 1.54) is 11.8 Å². The summed E-state index contributed by atoms with van der Waals surface area (Å²) in [6, 6.07) is 16.8. The van der Waals surface area contributed by atoms with E-state index in [4.69, 9.17) is 37.7 Å². The van der Waals surface area contributed by atoms with Gasteiger partial charge in [0.2, 0.25) is 0 Å². The van der Waals surface area contributed by atoms with Crippen LogP contribution in [-0.2, 0) is 11.2 Å². The molecule has 0 radical (unpaired) electrons. The number of hydrogen-bond acceptors (Lipinski definition) is 6. The first-order valence-corrected chi connectivity index (χ1v) is 11.4. The summed E-state index contributed by atoms with van der Waals surface area (Å²) in [6.45, 7) is 0.473. The number of amides is 1. The second kappa shape index (κ2) is 9.81. The molecule has 1 aliphatic heterocycles. The number of benzene rings is 2. The van der Waals surface area contributed by atoms with E-state index >= 15 is 0 Å². The maximum atomic E-state index is 12.9. The van der Waals surface area contributed by atoms with Gasteiger partial charge in [0, 0.05) is 18.2 Å². The predicted octanol–water partition coefficient (Wildman–Crippen LogP) is 6.06. The molecule has 1 aliphatic rings. The van der Waals surface area contributed by atoms with Gasteiger partial charge in [0.15, 0.2) is 11.5 Å². The molecule has 164 valence electrons. The van der Waals surface area contributed by atoms with E-state index in [1.54, 1.807) is 25.2 Å². The number of thiocarbonyl (C=S) groups is 1. The lowest BCUT2D eigenvalue weighted by atomic mass is 10.1. The van der Waals surface area contributed by atoms with Gasteiger partial charge >= 0.3 is 0 Å². The van der Waals surface area contributed by atoms with Crippen molar-refractivity contribution in [3.8, 4) is 22.8 Å². The first-order valence-electron chi connectivity index (χ1n) is 9.81. The normalized spacial score (nSPS) is 15.0. The molecular formula is C24H20ClNO4S2. The topological polar surface area (TPSA) is 51.9 Å². The van der Waals surface area contributed by atoms with Gasteiger partial charge in [-0.1, -0.05) is 53.8 Å². The second-order valence-corrected chi connectivity index (χ2v) is 9.04. The fourth-order valence-corrected chi connectivity index (χ4v) is 4.85. The van der Waals surface area contributed by atoms with Crippen LogP contribution < -0.4 is 9.47 Å². The third kappa shape index (κ3) is 4.70. The molecule has 0 aliphatic carbocycles. The van der Waals surface area contributed by atoms with E-state index in [-0.39, 0.29) is 5.91 Å². The molecule has 0 atom stereocenters. The van der Waals surface area contributed by atoms with Crippen molar-refractivity contribution in [2.24, 2.45) is 0 Å². The highest BCUT2D eigenvalue weighted by molar-refractivity contribution is 8.26. The molecule has 0 spiro atoms. The molecule has 32 heavy (non-hydrogen) atoms. The van der Waals surface area contributed by atoms with Gasteiger partial charge in [-0.25, -0.2) is 0 Å². The van der Waals surface area contributed by atoms with Crippen LogP contribution in [0.4, 0.5) is 0 Å². The Balaban J connectivity index is 1.46. The summed E-state index contributed by atoms with van der Waals surface area (Å²) in [4.78, 5) is 15.1. The van der Waals surface area contributed by atoms with Crippen molar-refractivity contribution in [1.29, 1.82) is 0 Å². The molecule has 1 saturated heterocycles.